The lowest BCUT2D eigenvalue weighted by Crippen LogP contribution is -2.22. The first-order valence-corrected chi connectivity index (χ1v) is 10.8. The smallest absolute Gasteiger partial charge is 0.356 e. The number of aromatic carboxylic acids is 1. The first-order chi connectivity index (χ1) is 16.2. The van der Waals surface area contributed by atoms with Crippen LogP contribution in [-0.4, -0.2) is 25.6 Å². The normalized spacial score (nSPS) is 11.7. The van der Waals surface area contributed by atoms with Gasteiger partial charge in [-0.1, -0.05) is 17.7 Å². The molecule has 2 heterocycles. The standard InChI is InChI=1S/C25H20ClN5O3/c1-13-10-17(14(2)28-19-8-9-20(26)29-22(19)25(33)34)21-18(11-13)24(32)31(3)23(30-21)16-6-4-15(12-27)5-7-16/h4-11,14,28H,1-3H3,(H,33,34)/t14-/m1/s1. The van der Waals surface area contributed by atoms with Crippen molar-refractivity contribution in [2.45, 2.75) is 19.9 Å². The highest BCUT2D eigenvalue weighted by Gasteiger charge is 2.20. The molecule has 0 aliphatic rings. The molecule has 4 aromatic rings. The van der Waals surface area contributed by atoms with E-state index >= 15 is 0 Å². The van der Waals surface area contributed by atoms with Gasteiger partial charge in [-0.15, -0.1) is 0 Å². The van der Waals surface area contributed by atoms with Crippen molar-refractivity contribution in [2.24, 2.45) is 7.05 Å². The maximum atomic E-state index is 13.3. The van der Waals surface area contributed by atoms with Crippen LogP contribution in [0.2, 0.25) is 5.15 Å². The van der Waals surface area contributed by atoms with Gasteiger partial charge in [-0.05, 0) is 61.9 Å². The number of hydrogen-bond donors (Lipinski definition) is 2. The van der Waals surface area contributed by atoms with E-state index in [0.29, 0.717) is 33.5 Å². The summed E-state index contributed by atoms with van der Waals surface area (Å²) in [6, 6.07) is 15.3. The van der Waals surface area contributed by atoms with Gasteiger partial charge in [0.25, 0.3) is 5.56 Å². The van der Waals surface area contributed by atoms with Gasteiger partial charge >= 0.3 is 5.97 Å². The summed E-state index contributed by atoms with van der Waals surface area (Å²) in [6.45, 7) is 3.74. The molecule has 0 spiro atoms. The Morgan fingerprint density at radius 2 is 1.88 bits per heavy atom. The van der Waals surface area contributed by atoms with Crippen molar-refractivity contribution in [3.8, 4) is 17.5 Å². The lowest BCUT2D eigenvalue weighted by molar-refractivity contribution is 0.0691. The van der Waals surface area contributed by atoms with Gasteiger partial charge in [0.2, 0.25) is 0 Å². The Morgan fingerprint density at radius 3 is 2.53 bits per heavy atom. The molecule has 34 heavy (non-hydrogen) atoms. The average molecular weight is 474 g/mol. The first-order valence-electron chi connectivity index (χ1n) is 10.4. The second-order valence-electron chi connectivity index (χ2n) is 7.94. The first kappa shape index (κ1) is 23.0. The van der Waals surface area contributed by atoms with Gasteiger partial charge in [0.1, 0.15) is 11.0 Å². The molecule has 0 saturated carbocycles. The fraction of sp³-hybridized carbons (Fsp3) is 0.160. The number of hydrogen-bond acceptors (Lipinski definition) is 6. The summed E-state index contributed by atoms with van der Waals surface area (Å²) in [4.78, 5) is 33.6. The molecule has 0 saturated heterocycles. The van der Waals surface area contributed by atoms with E-state index in [1.807, 2.05) is 19.9 Å². The quantitative estimate of drug-likeness (QED) is 0.403. The number of nitriles is 1. The summed E-state index contributed by atoms with van der Waals surface area (Å²) in [5.74, 6) is -0.750. The third kappa shape index (κ3) is 4.21. The zero-order chi connectivity index (χ0) is 24.6. The van der Waals surface area contributed by atoms with Crippen LogP contribution in [0.5, 0.6) is 0 Å². The fourth-order valence-electron chi connectivity index (χ4n) is 3.86. The van der Waals surface area contributed by atoms with Crippen molar-refractivity contribution in [3.63, 3.8) is 0 Å². The lowest BCUT2D eigenvalue weighted by atomic mass is 10.0. The van der Waals surface area contributed by atoms with Crippen molar-refractivity contribution in [1.82, 2.24) is 14.5 Å². The number of nitrogens with zero attached hydrogens (tertiary/aromatic N) is 4. The number of carbonyl (C=O) groups is 1. The van der Waals surface area contributed by atoms with E-state index in [2.05, 4.69) is 16.4 Å². The number of rotatable bonds is 5. The number of halogens is 1. The van der Waals surface area contributed by atoms with Crippen molar-refractivity contribution >= 4 is 34.2 Å². The Hall–Kier alpha value is -4.22. The SMILES string of the molecule is Cc1cc([C@@H](C)Nc2ccc(Cl)nc2C(=O)O)c2nc(-c3ccc(C#N)cc3)n(C)c(=O)c2c1. The number of carboxylic acid groups (broad SMARTS) is 1. The van der Waals surface area contributed by atoms with Gasteiger partial charge in [-0.2, -0.15) is 5.26 Å². The third-order valence-electron chi connectivity index (χ3n) is 5.53. The summed E-state index contributed by atoms with van der Waals surface area (Å²) in [5.41, 5.74) is 3.21. The second kappa shape index (κ2) is 8.96. The van der Waals surface area contributed by atoms with E-state index in [0.717, 1.165) is 11.1 Å². The number of pyridine rings is 1. The van der Waals surface area contributed by atoms with Crippen molar-refractivity contribution in [3.05, 3.63) is 86.4 Å². The van der Waals surface area contributed by atoms with Gasteiger partial charge in [-0.25, -0.2) is 14.8 Å². The van der Waals surface area contributed by atoms with Crippen LogP contribution in [0, 0.1) is 18.3 Å². The van der Waals surface area contributed by atoms with E-state index in [4.69, 9.17) is 21.8 Å². The predicted molar refractivity (Wildman–Crippen MR) is 130 cm³/mol. The third-order valence-corrected chi connectivity index (χ3v) is 5.74. The molecule has 0 aliphatic carbocycles. The molecule has 0 bridgehead atoms. The largest absolute Gasteiger partial charge is 0.476 e. The molecule has 0 unspecified atom stereocenters. The van der Waals surface area contributed by atoms with Gasteiger partial charge in [0, 0.05) is 18.2 Å². The van der Waals surface area contributed by atoms with Crippen LogP contribution < -0.4 is 10.9 Å². The van der Waals surface area contributed by atoms with Crippen molar-refractivity contribution in [1.29, 1.82) is 5.26 Å². The Kier molecular flexibility index (Phi) is 6.05. The molecule has 8 nitrogen and oxygen atoms in total. The summed E-state index contributed by atoms with van der Waals surface area (Å²) in [7, 11) is 1.66. The van der Waals surface area contributed by atoms with Crippen LogP contribution in [0.3, 0.4) is 0 Å². The molecule has 2 aromatic heterocycles. The average Bonchev–Trinajstić information content (AvgIpc) is 2.82. The Balaban J connectivity index is 1.88. The number of aromatic nitrogens is 3. The van der Waals surface area contributed by atoms with E-state index in [9.17, 15) is 14.7 Å². The minimum absolute atomic E-state index is 0.0776. The van der Waals surface area contributed by atoms with E-state index in [1.165, 1.54) is 10.6 Å². The van der Waals surface area contributed by atoms with Gasteiger partial charge < -0.3 is 10.4 Å². The molecule has 0 amide bonds. The van der Waals surface area contributed by atoms with Crippen LogP contribution in [0.4, 0.5) is 5.69 Å². The highest BCUT2D eigenvalue weighted by atomic mass is 35.5. The molecular weight excluding hydrogens is 454 g/mol. The van der Waals surface area contributed by atoms with Crippen LogP contribution >= 0.6 is 11.6 Å². The monoisotopic (exact) mass is 473 g/mol. The molecule has 0 aliphatic heterocycles. The fourth-order valence-corrected chi connectivity index (χ4v) is 4.01. The maximum absolute atomic E-state index is 13.3. The molecule has 0 fully saturated rings. The van der Waals surface area contributed by atoms with Gasteiger partial charge in [0.15, 0.2) is 5.69 Å². The number of aryl methyl sites for hydroxylation is 1. The second-order valence-corrected chi connectivity index (χ2v) is 8.33. The summed E-state index contributed by atoms with van der Waals surface area (Å²) in [6.07, 6.45) is 0. The van der Waals surface area contributed by atoms with E-state index in [-0.39, 0.29) is 16.4 Å². The lowest BCUT2D eigenvalue weighted by Gasteiger charge is -2.20. The highest BCUT2D eigenvalue weighted by molar-refractivity contribution is 6.29. The molecule has 4 rings (SSSR count). The molecule has 1 atom stereocenters. The van der Waals surface area contributed by atoms with Gasteiger partial charge in [0.05, 0.1) is 34.3 Å². The maximum Gasteiger partial charge on any atom is 0.356 e. The summed E-state index contributed by atoms with van der Waals surface area (Å²) in [5, 5.41) is 22.3. The molecule has 2 N–H and O–H groups in total. The minimum atomic E-state index is -1.21. The number of fused-ring (bicyclic) bond motifs is 1. The number of carboxylic acids is 1. The minimum Gasteiger partial charge on any atom is -0.476 e. The van der Waals surface area contributed by atoms with E-state index in [1.54, 1.807) is 43.4 Å². The number of nitrogens with one attached hydrogen (secondary N) is 1. The topological polar surface area (TPSA) is 121 Å². The summed E-state index contributed by atoms with van der Waals surface area (Å²) >= 11 is 5.87. The molecule has 2 aromatic carbocycles. The van der Waals surface area contributed by atoms with Crippen LogP contribution in [0.1, 0.15) is 40.1 Å². The molecule has 0 radical (unpaired) electrons. The highest BCUT2D eigenvalue weighted by Crippen LogP contribution is 2.29. The van der Waals surface area contributed by atoms with Crippen LogP contribution in [-0.2, 0) is 7.05 Å². The molecular formula is C25H20ClN5O3. The van der Waals surface area contributed by atoms with Crippen LogP contribution in [0.25, 0.3) is 22.3 Å². The zero-order valence-electron chi connectivity index (χ0n) is 18.6. The van der Waals surface area contributed by atoms with Crippen molar-refractivity contribution < 1.29 is 9.90 Å². The predicted octanol–water partition coefficient (Wildman–Crippen LogP) is 4.70. The molecule has 170 valence electrons. The van der Waals surface area contributed by atoms with Crippen molar-refractivity contribution in [2.75, 3.05) is 5.32 Å². The zero-order valence-corrected chi connectivity index (χ0v) is 19.4. The summed E-state index contributed by atoms with van der Waals surface area (Å²) < 4.78 is 1.48. The molecule has 9 heteroatoms. The van der Waals surface area contributed by atoms with Crippen LogP contribution in [0.15, 0.2) is 53.3 Å². The Bertz CT molecular complexity index is 1540. The van der Waals surface area contributed by atoms with Gasteiger partial charge in [-0.3, -0.25) is 9.36 Å². The van der Waals surface area contributed by atoms with E-state index < -0.39 is 12.0 Å². The number of anilines is 1. The Morgan fingerprint density at radius 1 is 1.18 bits per heavy atom. The number of benzene rings is 2. The Labute approximate surface area is 200 Å².